The van der Waals surface area contributed by atoms with Gasteiger partial charge in [-0.25, -0.2) is 0 Å². The second kappa shape index (κ2) is 10.3. The van der Waals surface area contributed by atoms with Crippen LogP contribution in [0.5, 0.6) is 0 Å². The fourth-order valence-corrected chi connectivity index (χ4v) is 4.07. The third-order valence-electron chi connectivity index (χ3n) is 5.61. The number of nitrogens with one attached hydrogen (secondary N) is 2. The van der Waals surface area contributed by atoms with Crippen LogP contribution >= 0.6 is 11.6 Å². The van der Waals surface area contributed by atoms with Crippen molar-refractivity contribution in [3.8, 4) is 0 Å². The standard InChI is InChI=1S/C25H25ClN4O2/c26-20-5-3-4-19(16-20)24(31)29-21-10-14-30(15-11-21)23-7-2-1-6-22(23)25(32)28-17-18-8-12-27-13-9-18/h1-9,12-13,16,21H,10-11,14-15,17H2,(H,28,32)(H,29,31). The highest BCUT2D eigenvalue weighted by Crippen LogP contribution is 2.24. The maximum absolute atomic E-state index is 12.9. The van der Waals surface area contributed by atoms with Crippen LogP contribution < -0.4 is 15.5 Å². The molecule has 0 aliphatic carbocycles. The zero-order chi connectivity index (χ0) is 22.3. The number of para-hydroxylation sites is 1. The minimum Gasteiger partial charge on any atom is -0.371 e. The van der Waals surface area contributed by atoms with E-state index in [4.69, 9.17) is 11.6 Å². The number of pyridine rings is 1. The quantitative estimate of drug-likeness (QED) is 0.596. The Hall–Kier alpha value is -3.38. The van der Waals surface area contributed by atoms with Crippen molar-refractivity contribution in [3.05, 3.63) is 94.8 Å². The van der Waals surface area contributed by atoms with Crippen LogP contribution in [0, 0.1) is 0 Å². The fourth-order valence-electron chi connectivity index (χ4n) is 3.88. The lowest BCUT2D eigenvalue weighted by Crippen LogP contribution is -2.45. The van der Waals surface area contributed by atoms with Crippen molar-refractivity contribution in [2.24, 2.45) is 0 Å². The molecule has 0 radical (unpaired) electrons. The Labute approximate surface area is 192 Å². The molecule has 4 rings (SSSR count). The number of rotatable bonds is 6. The first-order valence-electron chi connectivity index (χ1n) is 10.7. The van der Waals surface area contributed by atoms with Gasteiger partial charge in [-0.05, 0) is 60.9 Å². The molecule has 2 heterocycles. The lowest BCUT2D eigenvalue weighted by atomic mass is 10.0. The number of carbonyl (C=O) groups is 2. The first-order valence-corrected chi connectivity index (χ1v) is 11.1. The van der Waals surface area contributed by atoms with Crippen LogP contribution in [0.2, 0.25) is 5.02 Å². The molecule has 7 heteroatoms. The Morgan fingerprint density at radius 1 is 0.969 bits per heavy atom. The minimum absolute atomic E-state index is 0.0883. The number of benzene rings is 2. The molecule has 1 aliphatic rings. The number of hydrogen-bond acceptors (Lipinski definition) is 4. The molecule has 1 aliphatic heterocycles. The predicted molar refractivity (Wildman–Crippen MR) is 126 cm³/mol. The summed E-state index contributed by atoms with van der Waals surface area (Å²) in [5, 5.41) is 6.64. The van der Waals surface area contributed by atoms with E-state index in [0.29, 0.717) is 22.7 Å². The van der Waals surface area contributed by atoms with E-state index in [1.54, 1.807) is 36.7 Å². The minimum atomic E-state index is -0.109. The molecule has 3 aromatic rings. The van der Waals surface area contributed by atoms with E-state index in [0.717, 1.165) is 37.2 Å². The van der Waals surface area contributed by atoms with Gasteiger partial charge in [-0.2, -0.15) is 0 Å². The lowest BCUT2D eigenvalue weighted by molar-refractivity contribution is 0.0929. The number of carbonyl (C=O) groups excluding carboxylic acids is 2. The molecule has 0 unspecified atom stereocenters. The maximum Gasteiger partial charge on any atom is 0.253 e. The van der Waals surface area contributed by atoms with E-state index in [1.165, 1.54) is 0 Å². The van der Waals surface area contributed by atoms with Gasteiger partial charge in [-0.15, -0.1) is 0 Å². The zero-order valence-corrected chi connectivity index (χ0v) is 18.4. The van der Waals surface area contributed by atoms with Crippen molar-refractivity contribution in [3.63, 3.8) is 0 Å². The zero-order valence-electron chi connectivity index (χ0n) is 17.6. The fraction of sp³-hybridized carbons (Fsp3) is 0.240. The van der Waals surface area contributed by atoms with Crippen LogP contribution in [0.3, 0.4) is 0 Å². The molecule has 0 atom stereocenters. The third kappa shape index (κ3) is 5.45. The van der Waals surface area contributed by atoms with Gasteiger partial charge in [0, 0.05) is 54.3 Å². The molecule has 1 aromatic heterocycles. The van der Waals surface area contributed by atoms with Crippen molar-refractivity contribution in [1.82, 2.24) is 15.6 Å². The number of amides is 2. The Balaban J connectivity index is 1.35. The highest BCUT2D eigenvalue weighted by atomic mass is 35.5. The van der Waals surface area contributed by atoms with Gasteiger partial charge in [0.05, 0.1) is 5.56 Å². The van der Waals surface area contributed by atoms with E-state index in [-0.39, 0.29) is 17.9 Å². The molecule has 32 heavy (non-hydrogen) atoms. The topological polar surface area (TPSA) is 74.3 Å². The van der Waals surface area contributed by atoms with Gasteiger partial charge in [0.1, 0.15) is 0 Å². The molecule has 1 fully saturated rings. The van der Waals surface area contributed by atoms with Crippen molar-refractivity contribution in [1.29, 1.82) is 0 Å². The number of anilines is 1. The molecule has 0 saturated carbocycles. The summed E-state index contributed by atoms with van der Waals surface area (Å²) in [6.45, 7) is 1.97. The van der Waals surface area contributed by atoms with Gasteiger partial charge in [0.2, 0.25) is 0 Å². The van der Waals surface area contributed by atoms with E-state index < -0.39 is 0 Å². The van der Waals surface area contributed by atoms with E-state index in [1.807, 2.05) is 36.4 Å². The first kappa shape index (κ1) is 21.8. The average molecular weight is 449 g/mol. The second-order valence-electron chi connectivity index (χ2n) is 7.80. The van der Waals surface area contributed by atoms with Crippen molar-refractivity contribution in [2.45, 2.75) is 25.4 Å². The van der Waals surface area contributed by atoms with Gasteiger partial charge in [-0.3, -0.25) is 14.6 Å². The van der Waals surface area contributed by atoms with Crippen LogP contribution in [0.4, 0.5) is 5.69 Å². The molecular formula is C25H25ClN4O2. The summed E-state index contributed by atoms with van der Waals surface area (Å²) in [5.41, 5.74) is 3.14. The highest BCUT2D eigenvalue weighted by molar-refractivity contribution is 6.30. The van der Waals surface area contributed by atoms with E-state index >= 15 is 0 Å². The normalized spacial score (nSPS) is 14.1. The van der Waals surface area contributed by atoms with Gasteiger partial charge < -0.3 is 15.5 Å². The van der Waals surface area contributed by atoms with Crippen LogP contribution in [-0.4, -0.2) is 35.9 Å². The predicted octanol–water partition coefficient (Wildman–Crippen LogP) is 4.06. The second-order valence-corrected chi connectivity index (χ2v) is 8.24. The van der Waals surface area contributed by atoms with Crippen LogP contribution in [-0.2, 0) is 6.54 Å². The summed E-state index contributed by atoms with van der Waals surface area (Å²) >= 11 is 5.99. The summed E-state index contributed by atoms with van der Waals surface area (Å²) in [7, 11) is 0. The Bertz CT molecular complexity index is 1080. The van der Waals surface area contributed by atoms with Crippen LogP contribution in [0.25, 0.3) is 0 Å². The van der Waals surface area contributed by atoms with Crippen molar-refractivity contribution in [2.75, 3.05) is 18.0 Å². The summed E-state index contributed by atoms with van der Waals surface area (Å²) in [4.78, 5) is 31.6. The van der Waals surface area contributed by atoms with Crippen LogP contribution in [0.15, 0.2) is 73.1 Å². The molecule has 0 bridgehead atoms. The van der Waals surface area contributed by atoms with Gasteiger partial charge in [-0.1, -0.05) is 29.8 Å². The number of halogens is 1. The number of aromatic nitrogens is 1. The highest BCUT2D eigenvalue weighted by Gasteiger charge is 2.24. The molecule has 0 spiro atoms. The third-order valence-corrected chi connectivity index (χ3v) is 5.84. The largest absolute Gasteiger partial charge is 0.371 e. The molecule has 164 valence electrons. The first-order chi connectivity index (χ1) is 15.6. The van der Waals surface area contributed by atoms with Gasteiger partial charge in [0.25, 0.3) is 11.8 Å². The average Bonchev–Trinajstić information content (AvgIpc) is 2.84. The molecule has 2 N–H and O–H groups in total. The Morgan fingerprint density at radius 2 is 1.72 bits per heavy atom. The molecule has 2 amide bonds. The maximum atomic E-state index is 12.9. The SMILES string of the molecule is O=C(NC1CCN(c2ccccc2C(=O)NCc2ccncc2)CC1)c1cccc(Cl)c1. The van der Waals surface area contributed by atoms with Gasteiger partial charge in [0.15, 0.2) is 0 Å². The van der Waals surface area contributed by atoms with Crippen molar-refractivity contribution < 1.29 is 9.59 Å². The Kier molecular flexibility index (Phi) is 7.02. The molecule has 1 saturated heterocycles. The Morgan fingerprint density at radius 3 is 2.47 bits per heavy atom. The number of nitrogens with zero attached hydrogens (tertiary/aromatic N) is 2. The number of piperidine rings is 1. The van der Waals surface area contributed by atoms with Gasteiger partial charge >= 0.3 is 0 Å². The lowest BCUT2D eigenvalue weighted by Gasteiger charge is -2.35. The summed E-state index contributed by atoms with van der Waals surface area (Å²) in [6, 6.07) is 18.5. The molecular weight excluding hydrogens is 424 g/mol. The summed E-state index contributed by atoms with van der Waals surface area (Å²) < 4.78 is 0. The van der Waals surface area contributed by atoms with E-state index in [2.05, 4.69) is 20.5 Å². The summed E-state index contributed by atoms with van der Waals surface area (Å²) in [6.07, 6.45) is 5.04. The van der Waals surface area contributed by atoms with E-state index in [9.17, 15) is 9.59 Å². The molecule has 6 nitrogen and oxygen atoms in total. The molecule has 2 aromatic carbocycles. The summed E-state index contributed by atoms with van der Waals surface area (Å²) in [5.74, 6) is -0.212. The number of hydrogen-bond donors (Lipinski definition) is 2. The monoisotopic (exact) mass is 448 g/mol. The van der Waals surface area contributed by atoms with Crippen molar-refractivity contribution >= 4 is 29.1 Å². The smallest absolute Gasteiger partial charge is 0.253 e. The van der Waals surface area contributed by atoms with Crippen LogP contribution in [0.1, 0.15) is 39.1 Å².